The molecule has 1 aliphatic carbocycles. The highest BCUT2D eigenvalue weighted by molar-refractivity contribution is 5.33. The molecule has 0 spiro atoms. The predicted octanol–water partition coefficient (Wildman–Crippen LogP) is 3.01. The molecule has 2 rings (SSSR count). The standard InChI is InChI=1S/C14H20O/c1-10-4-3-5-12(11(10)2)8-9-14(15)13-6-7-13/h3-5,13-15H,6-9H2,1-2H3. The molecule has 82 valence electrons. The molecule has 1 heteroatoms. The predicted molar refractivity (Wildman–Crippen MR) is 63.0 cm³/mol. The zero-order chi connectivity index (χ0) is 10.8. The van der Waals surface area contributed by atoms with Gasteiger partial charge in [-0.2, -0.15) is 0 Å². The number of hydrogen-bond acceptors (Lipinski definition) is 1. The fourth-order valence-electron chi connectivity index (χ4n) is 2.10. The minimum atomic E-state index is -0.0649. The van der Waals surface area contributed by atoms with E-state index in [2.05, 4.69) is 32.0 Å². The van der Waals surface area contributed by atoms with Crippen LogP contribution in [0.15, 0.2) is 18.2 Å². The van der Waals surface area contributed by atoms with E-state index in [1.807, 2.05) is 0 Å². The van der Waals surface area contributed by atoms with Gasteiger partial charge in [0.2, 0.25) is 0 Å². The number of aryl methyl sites for hydroxylation is 2. The molecule has 0 radical (unpaired) electrons. The van der Waals surface area contributed by atoms with Gasteiger partial charge in [0.05, 0.1) is 6.10 Å². The summed E-state index contributed by atoms with van der Waals surface area (Å²) in [6.45, 7) is 4.32. The number of benzene rings is 1. The van der Waals surface area contributed by atoms with Crippen LogP contribution in [0.4, 0.5) is 0 Å². The molecule has 0 aromatic heterocycles. The largest absolute Gasteiger partial charge is 0.393 e. The van der Waals surface area contributed by atoms with Crippen molar-refractivity contribution in [1.29, 1.82) is 0 Å². The van der Waals surface area contributed by atoms with Crippen LogP contribution in [0.1, 0.15) is 36.0 Å². The van der Waals surface area contributed by atoms with Crippen LogP contribution in [-0.4, -0.2) is 11.2 Å². The Kier molecular flexibility index (Phi) is 3.11. The molecule has 15 heavy (non-hydrogen) atoms. The van der Waals surface area contributed by atoms with Gasteiger partial charge in [-0.3, -0.25) is 0 Å². The van der Waals surface area contributed by atoms with Crippen LogP contribution in [0.3, 0.4) is 0 Å². The molecular formula is C14H20O. The quantitative estimate of drug-likeness (QED) is 0.799. The third-order valence-corrected chi connectivity index (χ3v) is 3.59. The Bertz CT molecular complexity index is 339. The Labute approximate surface area is 92.1 Å². The first-order valence-corrected chi connectivity index (χ1v) is 5.91. The Morgan fingerprint density at radius 3 is 2.73 bits per heavy atom. The van der Waals surface area contributed by atoms with Crippen molar-refractivity contribution in [1.82, 2.24) is 0 Å². The highest BCUT2D eigenvalue weighted by atomic mass is 16.3. The molecule has 1 unspecified atom stereocenters. The van der Waals surface area contributed by atoms with Gasteiger partial charge in [-0.1, -0.05) is 18.2 Å². The van der Waals surface area contributed by atoms with Crippen molar-refractivity contribution in [3.8, 4) is 0 Å². The summed E-state index contributed by atoms with van der Waals surface area (Å²) in [6.07, 6.45) is 4.34. The second-order valence-electron chi connectivity index (χ2n) is 4.80. The monoisotopic (exact) mass is 204 g/mol. The first kappa shape index (κ1) is 10.7. The lowest BCUT2D eigenvalue weighted by Crippen LogP contribution is -2.10. The van der Waals surface area contributed by atoms with Crippen LogP contribution in [0.2, 0.25) is 0 Å². The number of hydrogen-bond donors (Lipinski definition) is 1. The van der Waals surface area contributed by atoms with Crippen molar-refractivity contribution in [3.05, 3.63) is 34.9 Å². The summed E-state index contributed by atoms with van der Waals surface area (Å²) < 4.78 is 0. The van der Waals surface area contributed by atoms with Crippen LogP contribution in [0, 0.1) is 19.8 Å². The maximum absolute atomic E-state index is 9.81. The first-order valence-electron chi connectivity index (χ1n) is 5.91. The van der Waals surface area contributed by atoms with E-state index >= 15 is 0 Å². The minimum absolute atomic E-state index is 0.0649. The molecule has 1 atom stereocenters. The maximum atomic E-state index is 9.81. The summed E-state index contributed by atoms with van der Waals surface area (Å²) >= 11 is 0. The molecule has 1 aliphatic rings. The van der Waals surface area contributed by atoms with E-state index in [1.165, 1.54) is 29.5 Å². The summed E-state index contributed by atoms with van der Waals surface area (Å²) in [6, 6.07) is 6.44. The Morgan fingerprint density at radius 2 is 2.07 bits per heavy atom. The summed E-state index contributed by atoms with van der Waals surface area (Å²) in [5, 5.41) is 9.81. The smallest absolute Gasteiger partial charge is 0.0571 e. The van der Waals surface area contributed by atoms with Crippen molar-refractivity contribution in [3.63, 3.8) is 0 Å². The third kappa shape index (κ3) is 2.60. The molecular weight excluding hydrogens is 184 g/mol. The van der Waals surface area contributed by atoms with Crippen molar-refractivity contribution in [2.24, 2.45) is 5.92 Å². The summed E-state index contributed by atoms with van der Waals surface area (Å²) in [5.41, 5.74) is 4.14. The molecule has 1 saturated carbocycles. The fraction of sp³-hybridized carbons (Fsp3) is 0.571. The molecule has 1 nitrogen and oxygen atoms in total. The minimum Gasteiger partial charge on any atom is -0.393 e. The average Bonchev–Trinajstić information content (AvgIpc) is 3.03. The Morgan fingerprint density at radius 1 is 1.33 bits per heavy atom. The van der Waals surface area contributed by atoms with Gasteiger partial charge >= 0.3 is 0 Å². The zero-order valence-corrected chi connectivity index (χ0v) is 9.66. The van der Waals surface area contributed by atoms with Crippen LogP contribution in [0.5, 0.6) is 0 Å². The zero-order valence-electron chi connectivity index (χ0n) is 9.66. The Hall–Kier alpha value is -0.820. The van der Waals surface area contributed by atoms with E-state index in [1.54, 1.807) is 0 Å². The SMILES string of the molecule is Cc1cccc(CCC(O)C2CC2)c1C. The molecule has 0 heterocycles. The normalized spacial score (nSPS) is 17.8. The van der Waals surface area contributed by atoms with Crippen LogP contribution >= 0.6 is 0 Å². The van der Waals surface area contributed by atoms with Gasteiger partial charge in [0.1, 0.15) is 0 Å². The number of aliphatic hydroxyl groups excluding tert-OH is 1. The second-order valence-corrected chi connectivity index (χ2v) is 4.80. The van der Waals surface area contributed by atoms with Crippen molar-refractivity contribution in [2.45, 2.75) is 45.6 Å². The van der Waals surface area contributed by atoms with Gasteiger partial charge in [0.15, 0.2) is 0 Å². The molecule has 0 bridgehead atoms. The molecule has 1 aromatic rings. The third-order valence-electron chi connectivity index (χ3n) is 3.59. The van der Waals surface area contributed by atoms with Crippen LogP contribution in [0.25, 0.3) is 0 Å². The van der Waals surface area contributed by atoms with Gasteiger partial charge < -0.3 is 5.11 Å². The summed E-state index contributed by atoms with van der Waals surface area (Å²) in [4.78, 5) is 0. The lowest BCUT2D eigenvalue weighted by atomic mass is 9.97. The highest BCUT2D eigenvalue weighted by Crippen LogP contribution is 2.34. The van der Waals surface area contributed by atoms with E-state index in [0.717, 1.165) is 12.8 Å². The van der Waals surface area contributed by atoms with E-state index < -0.39 is 0 Å². The van der Waals surface area contributed by atoms with Gasteiger partial charge in [0, 0.05) is 0 Å². The molecule has 1 aromatic carbocycles. The Balaban J connectivity index is 1.95. The van der Waals surface area contributed by atoms with Crippen molar-refractivity contribution < 1.29 is 5.11 Å². The molecule has 0 saturated heterocycles. The van der Waals surface area contributed by atoms with E-state index in [0.29, 0.717) is 5.92 Å². The topological polar surface area (TPSA) is 20.2 Å². The fourth-order valence-corrected chi connectivity index (χ4v) is 2.10. The molecule has 1 fully saturated rings. The molecule has 0 aliphatic heterocycles. The summed E-state index contributed by atoms with van der Waals surface area (Å²) in [5.74, 6) is 0.607. The first-order chi connectivity index (χ1) is 7.18. The number of rotatable bonds is 4. The lowest BCUT2D eigenvalue weighted by Gasteiger charge is -2.11. The summed E-state index contributed by atoms with van der Waals surface area (Å²) in [7, 11) is 0. The van der Waals surface area contributed by atoms with Gasteiger partial charge in [-0.15, -0.1) is 0 Å². The maximum Gasteiger partial charge on any atom is 0.0571 e. The van der Waals surface area contributed by atoms with Crippen LogP contribution < -0.4 is 0 Å². The van der Waals surface area contributed by atoms with Crippen molar-refractivity contribution >= 4 is 0 Å². The van der Waals surface area contributed by atoms with Gasteiger partial charge in [-0.25, -0.2) is 0 Å². The van der Waals surface area contributed by atoms with E-state index in [9.17, 15) is 5.11 Å². The van der Waals surface area contributed by atoms with Gasteiger partial charge in [-0.05, 0) is 62.1 Å². The average molecular weight is 204 g/mol. The molecule has 1 N–H and O–H groups in total. The van der Waals surface area contributed by atoms with Crippen molar-refractivity contribution in [2.75, 3.05) is 0 Å². The molecule has 0 amide bonds. The second kappa shape index (κ2) is 4.36. The highest BCUT2D eigenvalue weighted by Gasteiger charge is 2.29. The van der Waals surface area contributed by atoms with E-state index in [4.69, 9.17) is 0 Å². The lowest BCUT2D eigenvalue weighted by molar-refractivity contribution is 0.142. The van der Waals surface area contributed by atoms with Crippen LogP contribution in [-0.2, 0) is 6.42 Å². The van der Waals surface area contributed by atoms with Gasteiger partial charge in [0.25, 0.3) is 0 Å². The van der Waals surface area contributed by atoms with E-state index in [-0.39, 0.29) is 6.10 Å². The number of aliphatic hydroxyl groups is 1.